The molecule has 0 aliphatic carbocycles. The molecule has 0 aliphatic rings. The topological polar surface area (TPSA) is 45.9 Å². The lowest BCUT2D eigenvalue weighted by Gasteiger charge is -2.09. The van der Waals surface area contributed by atoms with Crippen LogP contribution in [-0.4, -0.2) is 12.1 Å². The summed E-state index contributed by atoms with van der Waals surface area (Å²) in [4.78, 5) is 4.03. The molecule has 1 aromatic rings. The van der Waals surface area contributed by atoms with Crippen LogP contribution in [0.5, 0.6) is 5.75 Å². The van der Waals surface area contributed by atoms with Gasteiger partial charge in [-0.15, -0.1) is 0 Å². The Morgan fingerprint density at radius 3 is 2.54 bits per heavy atom. The molecule has 4 heteroatoms. The zero-order chi connectivity index (χ0) is 10.0. The lowest BCUT2D eigenvalue weighted by molar-refractivity contribution is 0.410. The second kappa shape index (κ2) is 3.63. The van der Waals surface area contributed by atoms with E-state index in [0.717, 1.165) is 11.3 Å². The summed E-state index contributed by atoms with van der Waals surface area (Å²) in [6.07, 6.45) is 0. The number of hydrogen-bond acceptors (Lipinski definition) is 3. The quantitative estimate of drug-likeness (QED) is 0.692. The smallest absolute Gasteiger partial charge is 0.163 e. The van der Waals surface area contributed by atoms with Crippen LogP contribution in [-0.2, 0) is 0 Å². The van der Waals surface area contributed by atoms with Crippen molar-refractivity contribution in [3.63, 3.8) is 0 Å². The number of halogens is 1. The van der Waals surface area contributed by atoms with Crippen molar-refractivity contribution in [1.82, 2.24) is 4.98 Å². The summed E-state index contributed by atoms with van der Waals surface area (Å²) < 4.78 is 5.08. The fourth-order valence-corrected chi connectivity index (χ4v) is 1.36. The number of nitrogens with zero attached hydrogens (tertiary/aromatic N) is 2. The van der Waals surface area contributed by atoms with E-state index < -0.39 is 0 Å². The number of nitriles is 1. The molecule has 0 atom stereocenters. The molecular weight excluding hydrogens is 188 g/mol. The van der Waals surface area contributed by atoms with E-state index in [1.54, 1.807) is 0 Å². The predicted molar refractivity (Wildman–Crippen MR) is 50.0 cm³/mol. The molecule has 0 N–H and O–H groups in total. The van der Waals surface area contributed by atoms with Gasteiger partial charge in [-0.2, -0.15) is 5.26 Å². The highest BCUT2D eigenvalue weighted by atomic mass is 35.5. The largest absolute Gasteiger partial charge is 0.495 e. The molecule has 0 amide bonds. The fraction of sp³-hybridized carbons (Fsp3) is 0.333. The Bertz CT molecular complexity index is 382. The van der Waals surface area contributed by atoms with Crippen LogP contribution in [0.4, 0.5) is 0 Å². The van der Waals surface area contributed by atoms with Gasteiger partial charge in [0.15, 0.2) is 5.69 Å². The number of aryl methyl sites for hydroxylation is 1. The number of hydrogen-bond donors (Lipinski definition) is 0. The van der Waals surface area contributed by atoms with Crippen molar-refractivity contribution >= 4 is 11.6 Å². The standard InChI is InChI=1S/C9H9ClN2O/c1-5-6(2)12-7(4-11)8(10)9(5)13-3/h1-3H3. The average molecular weight is 197 g/mol. The Morgan fingerprint density at radius 2 is 2.08 bits per heavy atom. The van der Waals surface area contributed by atoms with Crippen LogP contribution in [0, 0.1) is 25.2 Å². The molecule has 0 radical (unpaired) electrons. The van der Waals surface area contributed by atoms with Gasteiger partial charge in [-0.1, -0.05) is 11.6 Å². The second-order valence-electron chi connectivity index (χ2n) is 2.63. The Kier molecular flexibility index (Phi) is 2.74. The minimum absolute atomic E-state index is 0.210. The molecule has 0 unspecified atom stereocenters. The maximum Gasteiger partial charge on any atom is 0.163 e. The molecule has 3 nitrogen and oxygen atoms in total. The Labute approximate surface area is 81.9 Å². The van der Waals surface area contributed by atoms with Gasteiger partial charge in [-0.25, -0.2) is 4.98 Å². The van der Waals surface area contributed by atoms with Crippen LogP contribution < -0.4 is 4.74 Å². The summed E-state index contributed by atoms with van der Waals surface area (Å²) in [5.41, 5.74) is 1.84. The normalized spacial score (nSPS) is 9.46. The highest BCUT2D eigenvalue weighted by molar-refractivity contribution is 6.33. The second-order valence-corrected chi connectivity index (χ2v) is 3.01. The molecular formula is C9H9ClN2O. The molecule has 0 spiro atoms. The van der Waals surface area contributed by atoms with E-state index in [1.165, 1.54) is 7.11 Å². The summed E-state index contributed by atoms with van der Waals surface area (Å²) in [5, 5.41) is 8.99. The molecule has 68 valence electrons. The Hall–Kier alpha value is -1.27. The van der Waals surface area contributed by atoms with Crippen molar-refractivity contribution in [2.75, 3.05) is 7.11 Å². The number of rotatable bonds is 1. The van der Waals surface area contributed by atoms with Gasteiger partial charge in [0.1, 0.15) is 16.8 Å². The zero-order valence-corrected chi connectivity index (χ0v) is 8.44. The maximum absolute atomic E-state index is 8.70. The number of pyridine rings is 1. The summed E-state index contributed by atoms with van der Waals surface area (Å²) in [6.45, 7) is 3.67. The van der Waals surface area contributed by atoms with Crippen molar-refractivity contribution in [2.24, 2.45) is 0 Å². The highest BCUT2D eigenvalue weighted by Crippen LogP contribution is 2.31. The van der Waals surface area contributed by atoms with Gasteiger partial charge in [-0.05, 0) is 13.8 Å². The average Bonchev–Trinajstić information content (AvgIpc) is 2.12. The predicted octanol–water partition coefficient (Wildman–Crippen LogP) is 2.23. The first-order chi connectivity index (χ1) is 6.11. The zero-order valence-electron chi connectivity index (χ0n) is 7.68. The van der Waals surface area contributed by atoms with E-state index in [-0.39, 0.29) is 10.7 Å². The van der Waals surface area contributed by atoms with E-state index in [1.807, 2.05) is 19.9 Å². The minimum Gasteiger partial charge on any atom is -0.495 e. The SMILES string of the molecule is COc1c(C)c(C)nc(C#N)c1Cl. The lowest BCUT2D eigenvalue weighted by Crippen LogP contribution is -1.97. The van der Waals surface area contributed by atoms with E-state index in [2.05, 4.69) is 4.98 Å². The van der Waals surface area contributed by atoms with Crippen LogP contribution in [0.2, 0.25) is 5.02 Å². The third-order valence-electron chi connectivity index (χ3n) is 1.88. The van der Waals surface area contributed by atoms with Crippen molar-refractivity contribution in [2.45, 2.75) is 13.8 Å². The van der Waals surface area contributed by atoms with Gasteiger partial charge in [-0.3, -0.25) is 0 Å². The summed E-state index contributed by atoms with van der Waals surface area (Å²) in [6, 6.07) is 1.91. The van der Waals surface area contributed by atoms with Crippen LogP contribution in [0.25, 0.3) is 0 Å². The first-order valence-corrected chi connectivity index (χ1v) is 4.10. The Balaban J connectivity index is 3.50. The fourth-order valence-electron chi connectivity index (χ4n) is 1.05. The lowest BCUT2D eigenvalue weighted by atomic mass is 10.2. The van der Waals surface area contributed by atoms with Crippen molar-refractivity contribution in [3.8, 4) is 11.8 Å². The van der Waals surface area contributed by atoms with Crippen LogP contribution in [0.1, 0.15) is 17.0 Å². The minimum atomic E-state index is 0.210. The molecule has 1 rings (SSSR count). The number of methoxy groups -OCH3 is 1. The highest BCUT2D eigenvalue weighted by Gasteiger charge is 2.13. The van der Waals surface area contributed by atoms with Gasteiger partial charge >= 0.3 is 0 Å². The van der Waals surface area contributed by atoms with Gasteiger partial charge in [0.05, 0.1) is 7.11 Å². The first-order valence-electron chi connectivity index (χ1n) is 3.72. The molecule has 0 bridgehead atoms. The molecule has 1 heterocycles. The van der Waals surface area contributed by atoms with Crippen LogP contribution in [0.3, 0.4) is 0 Å². The van der Waals surface area contributed by atoms with Crippen LogP contribution >= 0.6 is 11.6 Å². The molecule has 0 aliphatic heterocycles. The monoisotopic (exact) mass is 196 g/mol. The third-order valence-corrected chi connectivity index (χ3v) is 2.23. The van der Waals surface area contributed by atoms with Crippen molar-refractivity contribution in [3.05, 3.63) is 22.0 Å². The molecule has 13 heavy (non-hydrogen) atoms. The molecule has 0 aromatic carbocycles. The van der Waals surface area contributed by atoms with E-state index >= 15 is 0 Å². The van der Waals surface area contributed by atoms with E-state index in [9.17, 15) is 0 Å². The van der Waals surface area contributed by atoms with Gasteiger partial charge in [0.25, 0.3) is 0 Å². The van der Waals surface area contributed by atoms with E-state index in [4.69, 9.17) is 21.6 Å². The first kappa shape index (κ1) is 9.82. The summed E-state index contributed by atoms with van der Waals surface area (Å²) in [7, 11) is 1.52. The van der Waals surface area contributed by atoms with E-state index in [0.29, 0.717) is 5.75 Å². The Morgan fingerprint density at radius 1 is 1.46 bits per heavy atom. The van der Waals surface area contributed by atoms with Gasteiger partial charge in [0.2, 0.25) is 0 Å². The molecule has 0 saturated heterocycles. The van der Waals surface area contributed by atoms with Crippen LogP contribution in [0.15, 0.2) is 0 Å². The van der Waals surface area contributed by atoms with Crippen molar-refractivity contribution < 1.29 is 4.74 Å². The number of ether oxygens (including phenoxy) is 1. The maximum atomic E-state index is 8.70. The summed E-state index contributed by atoms with van der Waals surface area (Å²) >= 11 is 5.88. The molecule has 1 aromatic heterocycles. The third kappa shape index (κ3) is 1.58. The van der Waals surface area contributed by atoms with Gasteiger partial charge < -0.3 is 4.74 Å². The van der Waals surface area contributed by atoms with Gasteiger partial charge in [0, 0.05) is 11.3 Å². The van der Waals surface area contributed by atoms with Crippen molar-refractivity contribution in [1.29, 1.82) is 5.26 Å². The molecule has 0 fully saturated rings. The summed E-state index contributed by atoms with van der Waals surface area (Å²) in [5.74, 6) is 0.533. The molecule has 0 saturated carbocycles. The number of aromatic nitrogens is 1.